The van der Waals surface area contributed by atoms with Crippen molar-refractivity contribution in [1.82, 2.24) is 24.9 Å². The molecule has 1 aliphatic heterocycles. The number of benzene rings is 2. The summed E-state index contributed by atoms with van der Waals surface area (Å²) < 4.78 is 27.8. The van der Waals surface area contributed by atoms with Crippen molar-refractivity contribution in [2.24, 2.45) is 10.4 Å². The molecule has 0 unspecified atom stereocenters. The molecular formula is C46H59N7O14. The SMILES string of the molecule is CC(C)(C)OC(=O)N=C(c1ccc(C(=O)N[C@@H](Cc2ccc([N+](=O)[O-])cc2)C(=O)N2CCc3nn(CC(=O)OCOC(=O)C(C)(C)C)cc3C2)cc1)N(C(=O)OC(C)(C)C)C(=O)OC(C)(C)C. The Morgan fingerprint density at radius 2 is 1.34 bits per heavy atom. The van der Waals surface area contributed by atoms with Gasteiger partial charge in [-0.1, -0.05) is 24.3 Å². The van der Waals surface area contributed by atoms with Crippen molar-refractivity contribution in [3.8, 4) is 0 Å². The molecule has 21 nitrogen and oxygen atoms in total. The van der Waals surface area contributed by atoms with Crippen LogP contribution in [-0.2, 0) is 64.0 Å². The second-order valence-electron chi connectivity index (χ2n) is 19.6. The highest BCUT2D eigenvalue weighted by atomic mass is 16.7. The van der Waals surface area contributed by atoms with Gasteiger partial charge in [-0.2, -0.15) is 15.0 Å². The van der Waals surface area contributed by atoms with Gasteiger partial charge in [0, 0.05) is 61.0 Å². The number of hydrogen-bond acceptors (Lipinski definition) is 15. The van der Waals surface area contributed by atoms with Gasteiger partial charge in [-0.3, -0.25) is 29.2 Å². The van der Waals surface area contributed by atoms with E-state index >= 15 is 0 Å². The Balaban J connectivity index is 1.62. The third-order valence-electron chi connectivity index (χ3n) is 9.08. The fraction of sp³-hybridized carbons (Fsp3) is 0.500. The number of carbonyl (C=O) groups is 7. The van der Waals surface area contributed by atoms with E-state index < -0.39 is 87.8 Å². The number of nitro groups is 1. The zero-order valence-corrected chi connectivity index (χ0v) is 39.9. The number of carbonyl (C=O) groups excluding carboxylic acids is 7. The van der Waals surface area contributed by atoms with Crippen LogP contribution in [0.5, 0.6) is 0 Å². The average Bonchev–Trinajstić information content (AvgIpc) is 3.59. The summed E-state index contributed by atoms with van der Waals surface area (Å²) in [5, 5.41) is 18.6. The molecule has 0 bridgehead atoms. The number of amidine groups is 1. The van der Waals surface area contributed by atoms with Crippen molar-refractivity contribution in [2.75, 3.05) is 13.3 Å². The molecule has 1 atom stereocenters. The Morgan fingerprint density at radius 3 is 1.87 bits per heavy atom. The highest BCUT2D eigenvalue weighted by Gasteiger charge is 2.37. The molecule has 5 amide bonds. The van der Waals surface area contributed by atoms with Crippen LogP contribution >= 0.6 is 0 Å². The lowest BCUT2D eigenvalue weighted by molar-refractivity contribution is -0.384. The van der Waals surface area contributed by atoms with Crippen molar-refractivity contribution in [2.45, 2.75) is 132 Å². The first-order chi connectivity index (χ1) is 30.9. The topological polar surface area (TPSA) is 257 Å². The van der Waals surface area contributed by atoms with E-state index in [4.69, 9.17) is 23.7 Å². The van der Waals surface area contributed by atoms with Crippen molar-refractivity contribution < 1.29 is 62.2 Å². The van der Waals surface area contributed by atoms with E-state index in [0.29, 0.717) is 28.1 Å². The maximum Gasteiger partial charge on any atom is 0.436 e. The van der Waals surface area contributed by atoms with Crippen LogP contribution in [0.4, 0.5) is 20.1 Å². The highest BCUT2D eigenvalue weighted by molar-refractivity contribution is 6.18. The first kappa shape index (κ1) is 52.4. The van der Waals surface area contributed by atoms with Crippen LogP contribution in [0.2, 0.25) is 0 Å². The number of aromatic nitrogens is 2. The van der Waals surface area contributed by atoms with E-state index in [1.807, 2.05) is 0 Å². The predicted molar refractivity (Wildman–Crippen MR) is 239 cm³/mol. The summed E-state index contributed by atoms with van der Waals surface area (Å²) in [6.07, 6.45) is -1.74. The van der Waals surface area contributed by atoms with E-state index in [1.54, 1.807) is 89.3 Å². The summed E-state index contributed by atoms with van der Waals surface area (Å²) in [7, 11) is 0. The van der Waals surface area contributed by atoms with Gasteiger partial charge in [-0.05, 0) is 101 Å². The number of rotatable bonds is 11. The lowest BCUT2D eigenvalue weighted by atomic mass is 9.98. The molecule has 2 heterocycles. The number of nitrogens with one attached hydrogen (secondary N) is 1. The normalized spacial score (nSPS) is 13.6. The second kappa shape index (κ2) is 21.0. The van der Waals surface area contributed by atoms with E-state index in [2.05, 4.69) is 15.4 Å². The molecule has 1 N–H and O–H groups in total. The van der Waals surface area contributed by atoms with E-state index in [1.165, 1.54) is 58.1 Å². The molecule has 362 valence electrons. The van der Waals surface area contributed by atoms with E-state index in [-0.39, 0.29) is 42.9 Å². The van der Waals surface area contributed by atoms with Crippen molar-refractivity contribution in [1.29, 1.82) is 0 Å². The molecule has 0 radical (unpaired) electrons. The van der Waals surface area contributed by atoms with Gasteiger partial charge in [-0.15, -0.1) is 0 Å². The molecule has 3 aromatic rings. The number of fused-ring (bicyclic) bond motifs is 1. The summed E-state index contributed by atoms with van der Waals surface area (Å²) in [6.45, 7) is 18.7. The first-order valence-electron chi connectivity index (χ1n) is 21.3. The Bertz CT molecular complexity index is 2350. The minimum atomic E-state index is -1.21. The van der Waals surface area contributed by atoms with E-state index in [9.17, 15) is 43.7 Å². The van der Waals surface area contributed by atoms with Gasteiger partial charge in [-0.25, -0.2) is 19.2 Å². The van der Waals surface area contributed by atoms with Gasteiger partial charge in [0.2, 0.25) is 12.7 Å². The van der Waals surface area contributed by atoms with Gasteiger partial charge in [0.1, 0.15) is 29.4 Å². The quantitative estimate of drug-likeness (QED) is 0.0401. The number of hydrogen-bond donors (Lipinski definition) is 1. The Morgan fingerprint density at radius 1 is 0.791 bits per heavy atom. The molecule has 0 fully saturated rings. The maximum atomic E-state index is 14.3. The fourth-order valence-corrected chi connectivity index (χ4v) is 6.08. The predicted octanol–water partition coefficient (Wildman–Crippen LogP) is 6.66. The molecule has 1 aliphatic rings. The molecular weight excluding hydrogens is 875 g/mol. The number of non-ortho nitro benzene ring substituents is 1. The Hall–Kier alpha value is -7.19. The molecule has 4 rings (SSSR count). The largest absolute Gasteiger partial charge is 0.443 e. The van der Waals surface area contributed by atoms with Crippen LogP contribution in [-0.4, -0.2) is 109 Å². The Kier molecular flexibility index (Phi) is 16.4. The number of aliphatic imine (C=N–C) groups is 1. The molecule has 21 heteroatoms. The van der Waals surface area contributed by atoms with Crippen molar-refractivity contribution in [3.63, 3.8) is 0 Å². The van der Waals surface area contributed by atoms with Crippen LogP contribution in [0.1, 0.15) is 116 Å². The number of esters is 2. The van der Waals surface area contributed by atoms with Crippen molar-refractivity contribution in [3.05, 3.63) is 92.8 Å². The third kappa shape index (κ3) is 16.0. The van der Waals surface area contributed by atoms with Crippen LogP contribution in [0.3, 0.4) is 0 Å². The molecule has 2 aromatic carbocycles. The number of ether oxygens (including phenoxy) is 5. The summed E-state index contributed by atoms with van der Waals surface area (Å²) in [5.41, 5.74) is -2.36. The Labute approximate surface area is 388 Å². The summed E-state index contributed by atoms with van der Waals surface area (Å²) in [5.74, 6) is -2.98. The molecule has 1 aromatic heterocycles. The van der Waals surface area contributed by atoms with Gasteiger partial charge < -0.3 is 33.9 Å². The van der Waals surface area contributed by atoms with E-state index in [0.717, 1.165) is 0 Å². The number of imide groups is 1. The minimum absolute atomic E-state index is 0.000432. The fourth-order valence-electron chi connectivity index (χ4n) is 6.08. The molecule has 0 saturated carbocycles. The third-order valence-corrected chi connectivity index (χ3v) is 9.08. The number of nitro benzene ring substituents is 1. The first-order valence-corrected chi connectivity index (χ1v) is 21.3. The van der Waals surface area contributed by atoms with Gasteiger partial charge >= 0.3 is 30.2 Å². The number of nitrogens with zero attached hydrogens (tertiary/aromatic N) is 6. The van der Waals surface area contributed by atoms with Crippen LogP contribution in [0.25, 0.3) is 0 Å². The smallest absolute Gasteiger partial charge is 0.436 e. The summed E-state index contributed by atoms with van der Waals surface area (Å²) in [6, 6.07) is 9.63. The molecule has 0 aliphatic carbocycles. The zero-order chi connectivity index (χ0) is 50.2. The monoisotopic (exact) mass is 933 g/mol. The van der Waals surface area contributed by atoms with Crippen LogP contribution in [0.15, 0.2) is 59.7 Å². The average molecular weight is 934 g/mol. The summed E-state index contributed by atoms with van der Waals surface area (Å²) in [4.78, 5) is 110. The van der Waals surface area contributed by atoms with Crippen LogP contribution in [0, 0.1) is 15.5 Å². The van der Waals surface area contributed by atoms with Gasteiger partial charge in [0.25, 0.3) is 11.6 Å². The minimum Gasteiger partial charge on any atom is -0.443 e. The molecule has 0 saturated heterocycles. The van der Waals surface area contributed by atoms with Crippen LogP contribution < -0.4 is 5.32 Å². The second-order valence-corrected chi connectivity index (χ2v) is 19.6. The maximum absolute atomic E-state index is 14.3. The lowest BCUT2D eigenvalue weighted by Crippen LogP contribution is -2.50. The van der Waals surface area contributed by atoms with Gasteiger partial charge in [0.15, 0.2) is 5.84 Å². The zero-order valence-electron chi connectivity index (χ0n) is 39.9. The molecule has 0 spiro atoms. The molecule has 67 heavy (non-hydrogen) atoms. The van der Waals surface area contributed by atoms with Gasteiger partial charge in [0.05, 0.1) is 16.0 Å². The lowest BCUT2D eigenvalue weighted by Gasteiger charge is -2.30. The number of amides is 5. The highest BCUT2D eigenvalue weighted by Crippen LogP contribution is 2.23. The van der Waals surface area contributed by atoms with Crippen molar-refractivity contribution >= 4 is 53.6 Å². The summed E-state index contributed by atoms with van der Waals surface area (Å²) >= 11 is 0. The standard InChI is InChI=1S/C46H59N7O14/c1-43(2,3)39(57)64-27-63-35(54)26-51-25-31-24-50(22-21-33(31)49-51)38(56)34(23-28-13-19-32(20-14-28)53(61)62)47-37(55)30-17-15-29(16-18-30)36(48-40(58)65-44(4,5)6)52(41(59)66-45(7,8)9)42(60)67-46(10,11)12/h13-20,25,34H,21-24,26-27H2,1-12H3,(H,47,55)/t34-/m0/s1.